The van der Waals surface area contributed by atoms with Crippen molar-refractivity contribution in [1.29, 1.82) is 0 Å². The first-order chi connectivity index (χ1) is 12.2. The fourth-order valence-electron chi connectivity index (χ4n) is 2.29. The molecule has 128 valence electrons. The highest BCUT2D eigenvalue weighted by atomic mass is 32.2. The zero-order valence-corrected chi connectivity index (χ0v) is 14.5. The van der Waals surface area contributed by atoms with E-state index in [0.29, 0.717) is 23.1 Å². The molecule has 1 aromatic carbocycles. The number of nitrogens with zero attached hydrogens (tertiary/aromatic N) is 4. The van der Waals surface area contributed by atoms with E-state index in [4.69, 9.17) is 5.73 Å². The second-order valence-corrected chi connectivity index (χ2v) is 6.19. The summed E-state index contributed by atoms with van der Waals surface area (Å²) in [4.78, 5) is 16.1. The summed E-state index contributed by atoms with van der Waals surface area (Å²) in [6, 6.07) is 10.8. The number of anilines is 2. The van der Waals surface area contributed by atoms with Crippen molar-refractivity contribution < 1.29 is 4.79 Å². The van der Waals surface area contributed by atoms with Crippen molar-refractivity contribution in [3.63, 3.8) is 0 Å². The van der Waals surface area contributed by atoms with E-state index in [1.807, 2.05) is 23.6 Å². The SMILES string of the molecule is CCn1c(SCC(=O)Nc2ccc(N)cc2)nnc1-c1ccncc1. The van der Waals surface area contributed by atoms with Gasteiger partial charge in [0.05, 0.1) is 5.75 Å². The zero-order chi connectivity index (χ0) is 17.6. The van der Waals surface area contributed by atoms with E-state index in [1.54, 1.807) is 36.7 Å². The van der Waals surface area contributed by atoms with Gasteiger partial charge in [-0.2, -0.15) is 0 Å². The molecule has 0 aliphatic rings. The molecular formula is C17H18N6OS. The summed E-state index contributed by atoms with van der Waals surface area (Å²) in [5, 5.41) is 12.0. The number of thioether (sulfide) groups is 1. The van der Waals surface area contributed by atoms with Crippen molar-refractivity contribution in [2.75, 3.05) is 16.8 Å². The van der Waals surface area contributed by atoms with Crippen LogP contribution in [-0.2, 0) is 11.3 Å². The molecule has 3 N–H and O–H groups in total. The van der Waals surface area contributed by atoms with Gasteiger partial charge in [0.1, 0.15) is 0 Å². The number of nitrogen functional groups attached to an aromatic ring is 1. The molecule has 3 aromatic rings. The third-order valence-corrected chi connectivity index (χ3v) is 4.47. The Hall–Kier alpha value is -2.87. The number of hydrogen-bond acceptors (Lipinski definition) is 6. The maximum absolute atomic E-state index is 12.1. The second kappa shape index (κ2) is 7.80. The van der Waals surface area contributed by atoms with E-state index in [9.17, 15) is 4.79 Å². The van der Waals surface area contributed by atoms with Crippen LogP contribution in [0.4, 0.5) is 11.4 Å². The molecule has 0 aliphatic carbocycles. The number of amides is 1. The molecule has 0 aliphatic heterocycles. The van der Waals surface area contributed by atoms with Gasteiger partial charge in [0.2, 0.25) is 5.91 Å². The van der Waals surface area contributed by atoms with Crippen molar-refractivity contribution in [1.82, 2.24) is 19.7 Å². The molecule has 2 aromatic heterocycles. The predicted molar refractivity (Wildman–Crippen MR) is 99.1 cm³/mol. The summed E-state index contributed by atoms with van der Waals surface area (Å²) in [6.45, 7) is 2.74. The van der Waals surface area contributed by atoms with E-state index in [0.717, 1.165) is 11.4 Å². The summed E-state index contributed by atoms with van der Waals surface area (Å²) >= 11 is 1.35. The predicted octanol–water partition coefficient (Wildman–Crippen LogP) is 2.67. The van der Waals surface area contributed by atoms with E-state index in [2.05, 4.69) is 20.5 Å². The molecule has 0 radical (unpaired) electrons. The van der Waals surface area contributed by atoms with Crippen molar-refractivity contribution in [3.05, 3.63) is 48.8 Å². The van der Waals surface area contributed by atoms with Crippen molar-refractivity contribution >= 4 is 29.0 Å². The lowest BCUT2D eigenvalue weighted by Gasteiger charge is -2.08. The molecule has 0 fully saturated rings. The maximum Gasteiger partial charge on any atom is 0.234 e. The van der Waals surface area contributed by atoms with Gasteiger partial charge in [0, 0.05) is 35.9 Å². The molecule has 0 spiro atoms. The molecule has 0 bridgehead atoms. The molecule has 8 heteroatoms. The minimum Gasteiger partial charge on any atom is -0.399 e. The largest absolute Gasteiger partial charge is 0.399 e. The molecule has 0 unspecified atom stereocenters. The minimum atomic E-state index is -0.106. The molecule has 3 rings (SSSR count). The van der Waals surface area contributed by atoms with Crippen LogP contribution in [-0.4, -0.2) is 31.4 Å². The quantitative estimate of drug-likeness (QED) is 0.521. The van der Waals surface area contributed by atoms with Gasteiger partial charge in [-0.1, -0.05) is 11.8 Å². The Labute approximate surface area is 149 Å². The van der Waals surface area contributed by atoms with Gasteiger partial charge in [0.15, 0.2) is 11.0 Å². The van der Waals surface area contributed by atoms with Gasteiger partial charge >= 0.3 is 0 Å². The van der Waals surface area contributed by atoms with Gasteiger partial charge in [-0.15, -0.1) is 10.2 Å². The van der Waals surface area contributed by atoms with Crippen LogP contribution in [0.2, 0.25) is 0 Å². The lowest BCUT2D eigenvalue weighted by Crippen LogP contribution is -2.14. The number of carbonyl (C=O) groups excluding carboxylic acids is 1. The summed E-state index contributed by atoms with van der Waals surface area (Å²) < 4.78 is 1.98. The summed E-state index contributed by atoms with van der Waals surface area (Å²) in [7, 11) is 0. The lowest BCUT2D eigenvalue weighted by atomic mass is 10.2. The van der Waals surface area contributed by atoms with Crippen LogP contribution < -0.4 is 11.1 Å². The monoisotopic (exact) mass is 354 g/mol. The number of benzene rings is 1. The van der Waals surface area contributed by atoms with Crippen LogP contribution in [0.3, 0.4) is 0 Å². The van der Waals surface area contributed by atoms with Gasteiger partial charge in [-0.25, -0.2) is 0 Å². The average Bonchev–Trinajstić information content (AvgIpc) is 3.05. The van der Waals surface area contributed by atoms with Crippen molar-refractivity contribution in [2.45, 2.75) is 18.6 Å². The molecule has 1 amide bonds. The Morgan fingerprint density at radius 2 is 1.88 bits per heavy atom. The Balaban J connectivity index is 1.66. The van der Waals surface area contributed by atoms with Gasteiger partial charge in [0.25, 0.3) is 0 Å². The number of nitrogens with two attached hydrogens (primary N) is 1. The fraction of sp³-hybridized carbons (Fsp3) is 0.176. The second-order valence-electron chi connectivity index (χ2n) is 5.25. The number of rotatable bonds is 6. The van der Waals surface area contributed by atoms with Gasteiger partial charge < -0.3 is 15.6 Å². The lowest BCUT2D eigenvalue weighted by molar-refractivity contribution is -0.113. The van der Waals surface area contributed by atoms with E-state index >= 15 is 0 Å². The Morgan fingerprint density at radius 3 is 2.56 bits per heavy atom. The van der Waals surface area contributed by atoms with Gasteiger partial charge in [-0.3, -0.25) is 9.78 Å². The number of hydrogen-bond donors (Lipinski definition) is 2. The first-order valence-corrected chi connectivity index (χ1v) is 8.77. The summed E-state index contributed by atoms with van der Waals surface area (Å²) in [5.41, 5.74) is 7.96. The Kier molecular flexibility index (Phi) is 5.30. The summed E-state index contributed by atoms with van der Waals surface area (Å²) in [6.07, 6.45) is 3.44. The number of pyridine rings is 1. The molecule has 0 saturated carbocycles. The molecule has 2 heterocycles. The summed E-state index contributed by atoms with van der Waals surface area (Å²) in [5.74, 6) is 0.913. The van der Waals surface area contributed by atoms with Crippen LogP contribution in [0.5, 0.6) is 0 Å². The highest BCUT2D eigenvalue weighted by Crippen LogP contribution is 2.23. The molecule has 25 heavy (non-hydrogen) atoms. The number of aromatic nitrogens is 4. The average molecular weight is 354 g/mol. The third-order valence-electron chi connectivity index (χ3n) is 3.50. The highest BCUT2D eigenvalue weighted by Gasteiger charge is 2.14. The first-order valence-electron chi connectivity index (χ1n) is 7.79. The minimum absolute atomic E-state index is 0.106. The number of carbonyl (C=O) groups is 1. The number of nitrogens with one attached hydrogen (secondary N) is 1. The molecule has 7 nitrogen and oxygen atoms in total. The van der Waals surface area contributed by atoms with Gasteiger partial charge in [-0.05, 0) is 43.3 Å². The van der Waals surface area contributed by atoms with E-state index in [1.165, 1.54) is 11.8 Å². The standard InChI is InChI=1S/C17H18N6OS/c1-2-23-16(12-7-9-19-10-8-12)21-22-17(23)25-11-15(24)20-14-5-3-13(18)4-6-14/h3-10H,2,11,18H2,1H3,(H,20,24). The van der Waals surface area contributed by atoms with Crippen LogP contribution in [0.15, 0.2) is 53.9 Å². The van der Waals surface area contributed by atoms with Crippen LogP contribution in [0.1, 0.15) is 6.92 Å². The fourth-order valence-corrected chi connectivity index (χ4v) is 3.09. The van der Waals surface area contributed by atoms with Crippen LogP contribution in [0.25, 0.3) is 11.4 Å². The van der Waals surface area contributed by atoms with Crippen molar-refractivity contribution in [2.24, 2.45) is 0 Å². The normalized spacial score (nSPS) is 10.6. The first kappa shape index (κ1) is 17.0. The Bertz CT molecular complexity index is 847. The van der Waals surface area contributed by atoms with Crippen LogP contribution in [0, 0.1) is 0 Å². The van der Waals surface area contributed by atoms with E-state index < -0.39 is 0 Å². The van der Waals surface area contributed by atoms with Crippen molar-refractivity contribution in [3.8, 4) is 11.4 Å². The highest BCUT2D eigenvalue weighted by molar-refractivity contribution is 7.99. The molecule has 0 saturated heterocycles. The molecular weight excluding hydrogens is 336 g/mol. The maximum atomic E-state index is 12.1. The smallest absolute Gasteiger partial charge is 0.234 e. The zero-order valence-electron chi connectivity index (χ0n) is 13.7. The topological polar surface area (TPSA) is 98.7 Å². The third kappa shape index (κ3) is 4.16. The molecule has 0 atom stereocenters. The Morgan fingerprint density at radius 1 is 1.16 bits per heavy atom. The van der Waals surface area contributed by atoms with Crippen LogP contribution >= 0.6 is 11.8 Å². The van der Waals surface area contributed by atoms with E-state index in [-0.39, 0.29) is 11.7 Å².